The van der Waals surface area contributed by atoms with E-state index in [4.69, 9.17) is 0 Å². The van der Waals surface area contributed by atoms with Crippen LogP contribution in [0.15, 0.2) is 24.3 Å². The molecule has 1 aliphatic carbocycles. The first-order chi connectivity index (χ1) is 11.6. The molecule has 10 heterocycles. The zero-order chi connectivity index (χ0) is 14.8. The van der Waals surface area contributed by atoms with Crippen molar-refractivity contribution in [1.82, 2.24) is 0 Å². The molecule has 5 unspecified atom stereocenters. The van der Waals surface area contributed by atoms with Gasteiger partial charge in [-0.1, -0.05) is 0 Å². The second kappa shape index (κ2) is 1.21. The third kappa shape index (κ3) is 0.171. The summed E-state index contributed by atoms with van der Waals surface area (Å²) in [7, 11) is 1.30. The zero-order valence-electron chi connectivity index (χ0n) is 14.0. The van der Waals surface area contributed by atoms with Crippen LogP contribution < -0.4 is 5.30 Å². The molecule has 0 bridgehead atoms. The summed E-state index contributed by atoms with van der Waals surface area (Å²) in [5.41, 5.74) is 1.84. The summed E-state index contributed by atoms with van der Waals surface area (Å²) >= 11 is 0. The molecule has 5 atom stereocenters. The van der Waals surface area contributed by atoms with Gasteiger partial charge in [0.15, 0.2) is 0 Å². The fraction of sp³-hybridized carbons (Fsp3) is 0.727. The summed E-state index contributed by atoms with van der Waals surface area (Å²) in [5.74, 6) is 0.927. The first-order valence-electron chi connectivity index (χ1n) is 10.7. The van der Waals surface area contributed by atoms with Crippen LogP contribution in [-0.2, 0) is 6.51 Å². The molecule has 126 valence electrons. The van der Waals surface area contributed by atoms with E-state index in [9.17, 15) is 0 Å². The van der Waals surface area contributed by atoms with Crippen molar-refractivity contribution in [2.45, 2.75) is 85.4 Å². The van der Waals surface area contributed by atoms with Crippen LogP contribution in [0.3, 0.4) is 0 Å². The van der Waals surface area contributed by atoms with Crippen LogP contribution in [0, 0.1) is 0 Å². The van der Waals surface area contributed by atoms with Crippen LogP contribution in [0.2, 0.25) is 43.3 Å². The number of rotatable bonds is 3. The summed E-state index contributed by atoms with van der Waals surface area (Å²) in [5, 5.41) is 1.90. The monoisotopic (exact) mass is 376 g/mol. The Morgan fingerprint density at radius 1 is 0.792 bits per heavy atom. The Bertz CT molecular complexity index is 1230. The fourth-order valence-electron chi connectivity index (χ4n) is 19.1. The van der Waals surface area contributed by atoms with E-state index in [0.29, 0.717) is 0 Å². The summed E-state index contributed by atoms with van der Waals surface area (Å²) in [4.78, 5) is 13.5. The Morgan fingerprint density at radius 2 is 1.42 bits per heavy atom. The van der Waals surface area contributed by atoms with E-state index in [0.717, 1.165) is 9.97 Å². The number of hydrogen-bond donors (Lipinski definition) is 0. The van der Waals surface area contributed by atoms with Crippen LogP contribution in [0.4, 0.5) is 0 Å². The fourth-order valence-corrected chi connectivity index (χ4v) is 105. The van der Waals surface area contributed by atoms with Gasteiger partial charge in [0, 0.05) is 0 Å². The summed E-state index contributed by atoms with van der Waals surface area (Å²) in [6.07, 6.45) is 7.45. The second-order valence-electron chi connectivity index (χ2n) is 13.7. The van der Waals surface area contributed by atoms with Crippen LogP contribution in [0.25, 0.3) is 0 Å². The number of fused-ring (bicyclic) bond motifs is 10. The molecule has 1 spiro atoms. The van der Waals surface area contributed by atoms with Gasteiger partial charge in [-0.3, -0.25) is 0 Å². The first kappa shape index (κ1) is 10.5. The summed E-state index contributed by atoms with van der Waals surface area (Å²) in [6, 6.07) is 9.91. The van der Waals surface area contributed by atoms with Gasteiger partial charge in [-0.2, -0.15) is 0 Å². The van der Waals surface area contributed by atoms with Crippen molar-refractivity contribution >= 4 is 13.9 Å². The van der Waals surface area contributed by atoms with Crippen molar-refractivity contribution in [2.75, 3.05) is 0 Å². The predicted octanol–water partition coefficient (Wildman–Crippen LogP) is 6.34. The Labute approximate surface area is 135 Å². The van der Waals surface area contributed by atoms with E-state index in [1.165, 1.54) is 84.0 Å². The minimum atomic E-state index is -2.85. The van der Waals surface area contributed by atoms with E-state index in [1.807, 2.05) is 10.9 Å². The zero-order valence-corrected chi connectivity index (χ0v) is 16.1. The summed E-state index contributed by atoms with van der Waals surface area (Å²) in [6.45, 7) is -2.85. The van der Waals surface area contributed by atoms with Crippen LogP contribution in [0.1, 0.15) is 43.6 Å². The van der Waals surface area contributed by atoms with Gasteiger partial charge in [-0.25, -0.2) is 0 Å². The molecule has 11 fully saturated rings. The molecular formula is C22H25FeP. The second-order valence-corrected chi connectivity index (χ2v) is 39.4. The van der Waals surface area contributed by atoms with Gasteiger partial charge in [0.1, 0.15) is 0 Å². The molecule has 10 aliphatic heterocycles. The van der Waals surface area contributed by atoms with Gasteiger partial charge in [0.25, 0.3) is 0 Å². The molecule has 24 heavy (non-hydrogen) atoms. The normalized spacial score (nSPS) is 92.9. The molecule has 0 N–H and O–H groups in total. The minimum absolute atomic E-state index is 0.927. The van der Waals surface area contributed by atoms with Crippen molar-refractivity contribution in [3.63, 3.8) is 0 Å². The Morgan fingerprint density at radius 3 is 1.96 bits per heavy atom. The van der Waals surface area contributed by atoms with Crippen molar-refractivity contribution in [1.29, 1.82) is 0 Å². The Balaban J connectivity index is 1.13. The molecule has 0 radical (unpaired) electrons. The molecule has 0 amide bonds. The number of hydrogen-bond acceptors (Lipinski definition) is 0. The van der Waals surface area contributed by atoms with E-state index < -0.39 is 6.51 Å². The van der Waals surface area contributed by atoms with E-state index in [-0.39, 0.29) is 0 Å². The SMILES string of the molecule is c1ccc(C2CCCCC2)c(P[C]23[CH]4[CH]5[CH]6[CH]2[Fe]56432789[CH]3[CH]2[CH]7[CH]8[CH]39)c1. The summed E-state index contributed by atoms with van der Waals surface area (Å²) < 4.78 is 1.11. The molecule has 10 saturated heterocycles. The third-order valence-corrected chi connectivity index (χ3v) is 66.5. The standard InChI is InChI=1S/C17H20P.C5H5.Fe/c1-2-8-14(9-3-1)16-12-6-7-13-17(16)18-15-10-4-5-11-15;1-2-4-5-3-1;/h4-7,10-14,18H,1-3,8-9H2;1-5H;. The van der Waals surface area contributed by atoms with Crippen LogP contribution in [0.5, 0.6) is 0 Å². The maximum atomic E-state index is 2.61. The van der Waals surface area contributed by atoms with Gasteiger partial charge >= 0.3 is 136 Å². The van der Waals surface area contributed by atoms with E-state index in [2.05, 4.69) is 24.3 Å². The van der Waals surface area contributed by atoms with Crippen molar-refractivity contribution < 1.29 is 6.51 Å². The Hall–Kier alpha value is 0.169. The van der Waals surface area contributed by atoms with Gasteiger partial charge in [0.05, 0.1) is 0 Å². The average molecular weight is 376 g/mol. The molecule has 1 aromatic rings. The molecule has 12 rings (SSSR count). The van der Waals surface area contributed by atoms with Crippen LogP contribution in [-0.4, -0.2) is 4.05 Å². The third-order valence-electron chi connectivity index (χ3n) is 18.0. The molecule has 1 saturated carbocycles. The molecule has 1 aromatic carbocycles. The number of benzene rings is 1. The van der Waals surface area contributed by atoms with E-state index >= 15 is 0 Å². The van der Waals surface area contributed by atoms with Crippen LogP contribution >= 0.6 is 8.58 Å². The van der Waals surface area contributed by atoms with Crippen molar-refractivity contribution in [2.24, 2.45) is 0 Å². The van der Waals surface area contributed by atoms with Crippen molar-refractivity contribution in [3.8, 4) is 0 Å². The first-order valence-corrected chi connectivity index (χ1v) is 18.0. The molecular weight excluding hydrogens is 351 g/mol. The molecule has 2 heteroatoms. The predicted molar refractivity (Wildman–Crippen MR) is 96.7 cm³/mol. The molecule has 0 aromatic heterocycles. The van der Waals surface area contributed by atoms with Gasteiger partial charge in [-0.15, -0.1) is 0 Å². The Kier molecular flexibility index (Phi) is 0.527. The van der Waals surface area contributed by atoms with Gasteiger partial charge in [-0.05, 0) is 0 Å². The molecule has 11 aliphatic rings. The van der Waals surface area contributed by atoms with Gasteiger partial charge < -0.3 is 0 Å². The maximum absolute atomic E-state index is 2.85. The van der Waals surface area contributed by atoms with Crippen molar-refractivity contribution in [3.05, 3.63) is 29.8 Å². The molecule has 0 nitrogen and oxygen atoms in total. The van der Waals surface area contributed by atoms with E-state index in [1.54, 1.807) is 0 Å². The average Bonchev–Trinajstić information content (AvgIpc) is 3.57. The topological polar surface area (TPSA) is 0 Å². The quantitative estimate of drug-likeness (QED) is 0.427. The van der Waals surface area contributed by atoms with Gasteiger partial charge in [0.2, 0.25) is 0 Å².